The van der Waals surface area contributed by atoms with Gasteiger partial charge in [0.25, 0.3) is 6.01 Å². The van der Waals surface area contributed by atoms with Crippen molar-refractivity contribution in [1.82, 2.24) is 4.98 Å². The second kappa shape index (κ2) is 4.03. The monoisotopic (exact) mass is 286 g/mol. The van der Waals surface area contributed by atoms with Gasteiger partial charge in [-0.25, -0.2) is 0 Å². The van der Waals surface area contributed by atoms with Crippen molar-refractivity contribution in [3.63, 3.8) is 0 Å². The van der Waals surface area contributed by atoms with Crippen molar-refractivity contribution in [2.45, 2.75) is 0 Å². The van der Waals surface area contributed by atoms with Crippen LogP contribution in [0.3, 0.4) is 0 Å². The maximum Gasteiger partial charge on any atom is 0.310 e. The molecule has 1 saturated heterocycles. The Labute approximate surface area is 112 Å². The fourth-order valence-corrected chi connectivity index (χ4v) is 2.40. The second-order valence-electron chi connectivity index (χ2n) is 4.17. The van der Waals surface area contributed by atoms with E-state index in [2.05, 4.69) is 4.98 Å². The summed E-state index contributed by atoms with van der Waals surface area (Å²) in [6, 6.07) is 3.62. The van der Waals surface area contributed by atoms with Crippen LogP contribution < -0.4 is 4.90 Å². The highest BCUT2D eigenvalue weighted by Gasteiger charge is 2.35. The van der Waals surface area contributed by atoms with Gasteiger partial charge in [0.1, 0.15) is 5.52 Å². The van der Waals surface area contributed by atoms with E-state index in [4.69, 9.17) is 32.7 Å². The normalized spacial score (nSPS) is 16.0. The zero-order valence-corrected chi connectivity index (χ0v) is 10.6. The summed E-state index contributed by atoms with van der Waals surface area (Å²) in [7, 11) is 0. The van der Waals surface area contributed by atoms with Gasteiger partial charge in [0.05, 0.1) is 10.9 Å². The summed E-state index contributed by atoms with van der Waals surface area (Å²) < 4.78 is 5.52. The molecule has 0 spiro atoms. The third-order valence-corrected chi connectivity index (χ3v) is 3.40. The minimum atomic E-state index is -0.802. The minimum Gasteiger partial charge on any atom is -0.481 e. The third kappa shape index (κ3) is 1.79. The number of halogens is 2. The molecule has 0 atom stereocenters. The third-order valence-electron chi connectivity index (χ3n) is 2.90. The summed E-state index contributed by atoms with van der Waals surface area (Å²) in [5, 5.41) is 9.68. The van der Waals surface area contributed by atoms with Crippen molar-refractivity contribution in [2.24, 2.45) is 5.92 Å². The molecule has 2 heterocycles. The Morgan fingerprint density at radius 1 is 1.44 bits per heavy atom. The van der Waals surface area contributed by atoms with Gasteiger partial charge in [-0.2, -0.15) is 4.98 Å². The molecule has 0 aliphatic carbocycles. The molecule has 0 saturated carbocycles. The van der Waals surface area contributed by atoms with Gasteiger partial charge < -0.3 is 14.4 Å². The van der Waals surface area contributed by atoms with E-state index in [1.807, 2.05) is 0 Å². The molecule has 7 heteroatoms. The van der Waals surface area contributed by atoms with Crippen LogP contribution >= 0.6 is 23.2 Å². The number of rotatable bonds is 2. The number of benzene rings is 1. The lowest BCUT2D eigenvalue weighted by molar-refractivity contribution is -0.142. The summed E-state index contributed by atoms with van der Waals surface area (Å²) in [6.07, 6.45) is 0. The number of carbonyl (C=O) groups is 1. The average molecular weight is 287 g/mol. The maximum absolute atomic E-state index is 10.7. The number of hydrogen-bond donors (Lipinski definition) is 1. The van der Waals surface area contributed by atoms with Crippen LogP contribution in [0, 0.1) is 5.92 Å². The lowest BCUT2D eigenvalue weighted by Gasteiger charge is -2.35. The van der Waals surface area contributed by atoms with Gasteiger partial charge in [-0.15, -0.1) is 0 Å². The van der Waals surface area contributed by atoms with Gasteiger partial charge in [0.15, 0.2) is 5.58 Å². The summed E-state index contributed by atoms with van der Waals surface area (Å²) in [4.78, 5) is 16.7. The molecule has 3 rings (SSSR count). The molecule has 1 aromatic carbocycles. The summed E-state index contributed by atoms with van der Waals surface area (Å²) >= 11 is 11.9. The zero-order chi connectivity index (χ0) is 12.9. The van der Waals surface area contributed by atoms with Gasteiger partial charge in [-0.1, -0.05) is 23.2 Å². The summed E-state index contributed by atoms with van der Waals surface area (Å²) in [6.45, 7) is 0.793. The smallest absolute Gasteiger partial charge is 0.310 e. The van der Waals surface area contributed by atoms with Crippen LogP contribution in [-0.4, -0.2) is 29.1 Å². The number of fused-ring (bicyclic) bond motifs is 1. The highest BCUT2D eigenvalue weighted by Crippen LogP contribution is 2.33. The van der Waals surface area contributed by atoms with E-state index in [1.165, 1.54) is 0 Å². The molecule has 1 fully saturated rings. The Morgan fingerprint density at radius 2 is 2.17 bits per heavy atom. The van der Waals surface area contributed by atoms with Crippen molar-refractivity contribution in [1.29, 1.82) is 0 Å². The number of oxazole rings is 1. The lowest BCUT2D eigenvalue weighted by Crippen LogP contribution is -2.50. The Balaban J connectivity index is 1.91. The summed E-state index contributed by atoms with van der Waals surface area (Å²) in [5.41, 5.74) is 1.04. The van der Waals surface area contributed by atoms with Crippen molar-refractivity contribution in [3.8, 4) is 0 Å². The number of anilines is 1. The first-order valence-electron chi connectivity index (χ1n) is 5.28. The van der Waals surface area contributed by atoms with Crippen LogP contribution in [0.4, 0.5) is 6.01 Å². The quantitative estimate of drug-likeness (QED) is 0.919. The molecule has 5 nitrogen and oxygen atoms in total. The first-order valence-corrected chi connectivity index (χ1v) is 6.03. The molecule has 94 valence electrons. The van der Waals surface area contributed by atoms with Crippen LogP contribution in [0.1, 0.15) is 0 Å². The topological polar surface area (TPSA) is 66.6 Å². The van der Waals surface area contributed by atoms with E-state index in [9.17, 15) is 4.79 Å². The molecule has 1 aliphatic heterocycles. The molecule has 0 bridgehead atoms. The molecular weight excluding hydrogens is 279 g/mol. The molecule has 0 radical (unpaired) electrons. The van der Waals surface area contributed by atoms with E-state index in [0.717, 1.165) is 0 Å². The van der Waals surface area contributed by atoms with Crippen molar-refractivity contribution in [2.75, 3.05) is 18.0 Å². The van der Waals surface area contributed by atoms with E-state index in [-0.39, 0.29) is 5.92 Å². The largest absolute Gasteiger partial charge is 0.481 e. The molecule has 1 aliphatic rings. The highest BCUT2D eigenvalue weighted by atomic mass is 35.5. The average Bonchev–Trinajstić information content (AvgIpc) is 2.58. The SMILES string of the molecule is O=C(O)C1CN(c2nc3cc(Cl)cc(Cl)c3o2)C1. The lowest BCUT2D eigenvalue weighted by atomic mass is 10.0. The fourth-order valence-electron chi connectivity index (χ4n) is 1.87. The zero-order valence-electron chi connectivity index (χ0n) is 9.06. The molecule has 0 unspecified atom stereocenters. The van der Waals surface area contributed by atoms with E-state index in [1.54, 1.807) is 17.0 Å². The van der Waals surface area contributed by atoms with Crippen molar-refractivity contribution in [3.05, 3.63) is 22.2 Å². The van der Waals surface area contributed by atoms with Crippen LogP contribution in [0.15, 0.2) is 16.5 Å². The molecule has 18 heavy (non-hydrogen) atoms. The fraction of sp³-hybridized carbons (Fsp3) is 0.273. The van der Waals surface area contributed by atoms with Gasteiger partial charge >= 0.3 is 5.97 Å². The summed E-state index contributed by atoms with van der Waals surface area (Å²) in [5.74, 6) is -1.16. The number of aromatic nitrogens is 1. The van der Waals surface area contributed by atoms with Crippen LogP contribution in [0.2, 0.25) is 10.0 Å². The molecule has 1 aromatic heterocycles. The molecule has 1 N–H and O–H groups in total. The van der Waals surface area contributed by atoms with Crippen LogP contribution in [-0.2, 0) is 4.79 Å². The second-order valence-corrected chi connectivity index (χ2v) is 5.02. The van der Waals surface area contributed by atoms with E-state index < -0.39 is 5.97 Å². The number of aliphatic carboxylic acids is 1. The minimum absolute atomic E-state index is 0.362. The Morgan fingerprint density at radius 3 is 2.83 bits per heavy atom. The first kappa shape index (κ1) is 11.6. The van der Waals surface area contributed by atoms with Crippen molar-refractivity contribution >= 4 is 46.3 Å². The number of carboxylic acid groups (broad SMARTS) is 1. The van der Waals surface area contributed by atoms with E-state index in [0.29, 0.717) is 40.2 Å². The Hall–Kier alpha value is -1.46. The Kier molecular flexibility index (Phi) is 2.60. The maximum atomic E-state index is 10.7. The van der Waals surface area contributed by atoms with Crippen LogP contribution in [0.25, 0.3) is 11.1 Å². The van der Waals surface area contributed by atoms with Gasteiger partial charge in [0, 0.05) is 18.1 Å². The standard InChI is InChI=1S/C11H8Cl2N2O3/c12-6-1-7(13)9-8(2-6)14-11(18-9)15-3-5(4-15)10(16)17/h1-2,5H,3-4H2,(H,16,17). The predicted molar refractivity (Wildman–Crippen MR) is 67.4 cm³/mol. The van der Waals surface area contributed by atoms with Crippen LogP contribution in [0.5, 0.6) is 0 Å². The number of hydrogen-bond acceptors (Lipinski definition) is 4. The Bertz CT molecular complexity index is 634. The number of nitrogens with zero attached hydrogens (tertiary/aromatic N) is 2. The predicted octanol–water partition coefficient (Wildman–Crippen LogP) is 2.66. The van der Waals surface area contributed by atoms with Crippen molar-refractivity contribution < 1.29 is 14.3 Å². The van der Waals surface area contributed by atoms with Gasteiger partial charge in [-0.3, -0.25) is 4.79 Å². The first-order chi connectivity index (χ1) is 8.54. The molecular formula is C11H8Cl2N2O3. The van der Waals surface area contributed by atoms with E-state index >= 15 is 0 Å². The van der Waals surface area contributed by atoms with Gasteiger partial charge in [-0.05, 0) is 12.1 Å². The number of carboxylic acids is 1. The van der Waals surface area contributed by atoms with Gasteiger partial charge in [0.2, 0.25) is 0 Å². The molecule has 2 aromatic rings. The molecule has 0 amide bonds. The highest BCUT2D eigenvalue weighted by molar-refractivity contribution is 6.38.